The Hall–Kier alpha value is -1.72. The van der Waals surface area contributed by atoms with Crippen LogP contribution in [0.4, 0.5) is 0 Å². The van der Waals surface area contributed by atoms with Crippen molar-refractivity contribution in [2.24, 2.45) is 5.73 Å². The number of likely N-dealkylation sites (N-methyl/N-ethyl adjacent to an activating group) is 1. The number of thiazole rings is 1. The van der Waals surface area contributed by atoms with Crippen LogP contribution in [0.3, 0.4) is 0 Å². The van der Waals surface area contributed by atoms with Gasteiger partial charge in [0.15, 0.2) is 0 Å². The average Bonchev–Trinajstić information content (AvgIpc) is 2.88. The van der Waals surface area contributed by atoms with E-state index < -0.39 is 0 Å². The standard InChI is InChI=1S/C15H19N3OS/c1-18(2)14(19)9-12-10-20-15(17-12)13(16)8-11-6-4-3-5-7-11/h3-7,10,13H,8-9,16H2,1-2H3. The average molecular weight is 289 g/mol. The van der Waals surface area contributed by atoms with Gasteiger partial charge in [-0.2, -0.15) is 0 Å². The maximum atomic E-state index is 11.6. The lowest BCUT2D eigenvalue weighted by Gasteiger charge is -2.09. The molecule has 0 fully saturated rings. The highest BCUT2D eigenvalue weighted by Gasteiger charge is 2.14. The number of amides is 1. The van der Waals surface area contributed by atoms with Crippen LogP contribution in [0, 0.1) is 0 Å². The minimum absolute atomic E-state index is 0.0541. The molecule has 0 radical (unpaired) electrons. The van der Waals surface area contributed by atoms with Gasteiger partial charge in [-0.05, 0) is 12.0 Å². The first kappa shape index (κ1) is 14.7. The van der Waals surface area contributed by atoms with Crippen LogP contribution in [0.15, 0.2) is 35.7 Å². The minimum Gasteiger partial charge on any atom is -0.348 e. The molecule has 0 bridgehead atoms. The van der Waals surface area contributed by atoms with Crippen LogP contribution in [-0.4, -0.2) is 29.9 Å². The van der Waals surface area contributed by atoms with E-state index in [0.717, 1.165) is 17.1 Å². The molecule has 1 aromatic heterocycles. The Balaban J connectivity index is 1.99. The van der Waals surface area contributed by atoms with Gasteiger partial charge in [0.25, 0.3) is 0 Å². The molecule has 0 spiro atoms. The maximum Gasteiger partial charge on any atom is 0.228 e. The van der Waals surface area contributed by atoms with E-state index in [1.165, 1.54) is 16.9 Å². The van der Waals surface area contributed by atoms with E-state index in [1.807, 2.05) is 23.6 Å². The topological polar surface area (TPSA) is 59.2 Å². The molecular weight excluding hydrogens is 270 g/mol. The third-order valence-corrected chi connectivity index (χ3v) is 4.04. The number of carbonyl (C=O) groups excluding carboxylic acids is 1. The van der Waals surface area contributed by atoms with E-state index in [4.69, 9.17) is 5.73 Å². The number of benzene rings is 1. The van der Waals surface area contributed by atoms with E-state index in [9.17, 15) is 4.79 Å². The van der Waals surface area contributed by atoms with Gasteiger partial charge in [0.05, 0.1) is 18.2 Å². The molecule has 1 aromatic carbocycles. The Morgan fingerprint density at radius 3 is 2.70 bits per heavy atom. The van der Waals surface area contributed by atoms with E-state index in [1.54, 1.807) is 19.0 Å². The van der Waals surface area contributed by atoms with Gasteiger partial charge in [-0.15, -0.1) is 11.3 Å². The largest absolute Gasteiger partial charge is 0.348 e. The fourth-order valence-electron chi connectivity index (χ4n) is 1.84. The maximum absolute atomic E-state index is 11.6. The molecule has 1 atom stereocenters. The van der Waals surface area contributed by atoms with Gasteiger partial charge < -0.3 is 10.6 Å². The normalized spacial score (nSPS) is 12.2. The third kappa shape index (κ3) is 3.88. The van der Waals surface area contributed by atoms with E-state index in [2.05, 4.69) is 17.1 Å². The van der Waals surface area contributed by atoms with Crippen molar-refractivity contribution in [1.82, 2.24) is 9.88 Å². The fraction of sp³-hybridized carbons (Fsp3) is 0.333. The molecule has 2 rings (SSSR count). The number of nitrogens with zero attached hydrogens (tertiary/aromatic N) is 2. The number of hydrogen-bond acceptors (Lipinski definition) is 4. The van der Waals surface area contributed by atoms with Crippen molar-refractivity contribution >= 4 is 17.2 Å². The zero-order valence-electron chi connectivity index (χ0n) is 11.7. The lowest BCUT2D eigenvalue weighted by Crippen LogP contribution is -2.23. The zero-order valence-corrected chi connectivity index (χ0v) is 12.6. The summed E-state index contributed by atoms with van der Waals surface area (Å²) in [5, 5.41) is 2.80. The fourth-order valence-corrected chi connectivity index (χ4v) is 2.66. The first-order valence-corrected chi connectivity index (χ1v) is 7.38. The molecule has 0 aliphatic carbocycles. The summed E-state index contributed by atoms with van der Waals surface area (Å²) in [6, 6.07) is 10.00. The number of nitrogens with two attached hydrogens (primary N) is 1. The molecular formula is C15H19N3OS. The van der Waals surface area contributed by atoms with Gasteiger partial charge in [0.2, 0.25) is 5.91 Å². The van der Waals surface area contributed by atoms with E-state index >= 15 is 0 Å². The summed E-state index contributed by atoms with van der Waals surface area (Å²) in [6.07, 6.45) is 1.09. The third-order valence-electron chi connectivity index (χ3n) is 3.02. The number of hydrogen-bond donors (Lipinski definition) is 1. The van der Waals surface area contributed by atoms with Gasteiger partial charge in [0.1, 0.15) is 5.01 Å². The molecule has 0 saturated heterocycles. The van der Waals surface area contributed by atoms with Crippen molar-refractivity contribution in [3.05, 3.63) is 52.0 Å². The Morgan fingerprint density at radius 2 is 2.05 bits per heavy atom. The quantitative estimate of drug-likeness (QED) is 0.916. The predicted molar refractivity (Wildman–Crippen MR) is 81.6 cm³/mol. The van der Waals surface area contributed by atoms with Crippen LogP contribution in [-0.2, 0) is 17.6 Å². The zero-order chi connectivity index (χ0) is 14.5. The van der Waals surface area contributed by atoms with Crippen molar-refractivity contribution in [3.63, 3.8) is 0 Å². The molecule has 0 saturated carbocycles. The van der Waals surface area contributed by atoms with Gasteiger partial charge in [-0.3, -0.25) is 4.79 Å². The van der Waals surface area contributed by atoms with Crippen LogP contribution in [0.1, 0.15) is 22.3 Å². The van der Waals surface area contributed by atoms with Gasteiger partial charge in [0, 0.05) is 19.5 Å². The molecule has 2 aromatic rings. The number of aromatic nitrogens is 1. The second kappa shape index (κ2) is 6.63. The van der Waals surface area contributed by atoms with Crippen molar-refractivity contribution in [1.29, 1.82) is 0 Å². The van der Waals surface area contributed by atoms with E-state index in [-0.39, 0.29) is 11.9 Å². The molecule has 4 nitrogen and oxygen atoms in total. The second-order valence-corrected chi connectivity index (χ2v) is 5.83. The molecule has 5 heteroatoms. The van der Waals surface area contributed by atoms with Crippen LogP contribution in [0.2, 0.25) is 0 Å². The highest BCUT2D eigenvalue weighted by molar-refractivity contribution is 7.09. The van der Waals surface area contributed by atoms with Crippen molar-refractivity contribution in [2.45, 2.75) is 18.9 Å². The van der Waals surface area contributed by atoms with Crippen LogP contribution in [0.5, 0.6) is 0 Å². The molecule has 0 aliphatic rings. The molecule has 2 N–H and O–H groups in total. The number of rotatable bonds is 5. The van der Waals surface area contributed by atoms with Crippen LogP contribution >= 0.6 is 11.3 Å². The summed E-state index contributed by atoms with van der Waals surface area (Å²) in [6.45, 7) is 0. The summed E-state index contributed by atoms with van der Waals surface area (Å²) < 4.78 is 0. The van der Waals surface area contributed by atoms with Gasteiger partial charge >= 0.3 is 0 Å². The molecule has 1 unspecified atom stereocenters. The monoisotopic (exact) mass is 289 g/mol. The molecule has 0 aliphatic heterocycles. The summed E-state index contributed by atoms with van der Waals surface area (Å²) in [7, 11) is 3.49. The van der Waals surface area contributed by atoms with Crippen LogP contribution < -0.4 is 5.73 Å². The van der Waals surface area contributed by atoms with E-state index in [0.29, 0.717) is 6.42 Å². The Kier molecular flexibility index (Phi) is 4.87. The number of carbonyl (C=O) groups is 1. The smallest absolute Gasteiger partial charge is 0.228 e. The second-order valence-electron chi connectivity index (χ2n) is 4.94. The first-order valence-electron chi connectivity index (χ1n) is 6.50. The molecule has 1 heterocycles. The lowest BCUT2D eigenvalue weighted by atomic mass is 10.1. The first-order chi connectivity index (χ1) is 9.56. The predicted octanol–water partition coefficient (Wildman–Crippen LogP) is 2.02. The highest BCUT2D eigenvalue weighted by Crippen LogP contribution is 2.20. The summed E-state index contributed by atoms with van der Waals surface area (Å²) in [4.78, 5) is 17.7. The highest BCUT2D eigenvalue weighted by atomic mass is 32.1. The molecule has 20 heavy (non-hydrogen) atoms. The Morgan fingerprint density at radius 1 is 1.35 bits per heavy atom. The van der Waals surface area contributed by atoms with Crippen molar-refractivity contribution in [2.75, 3.05) is 14.1 Å². The summed E-state index contributed by atoms with van der Waals surface area (Å²) in [5.41, 5.74) is 8.18. The van der Waals surface area contributed by atoms with Crippen molar-refractivity contribution in [3.8, 4) is 0 Å². The van der Waals surface area contributed by atoms with Crippen molar-refractivity contribution < 1.29 is 4.79 Å². The summed E-state index contributed by atoms with van der Waals surface area (Å²) in [5.74, 6) is 0.0541. The molecule has 106 valence electrons. The Bertz CT molecular complexity index is 566. The van der Waals surface area contributed by atoms with Gasteiger partial charge in [-0.25, -0.2) is 4.98 Å². The SMILES string of the molecule is CN(C)C(=O)Cc1csc(C(N)Cc2ccccc2)n1. The van der Waals surface area contributed by atoms with Gasteiger partial charge in [-0.1, -0.05) is 30.3 Å². The Labute approximate surface area is 123 Å². The lowest BCUT2D eigenvalue weighted by molar-refractivity contribution is -0.128. The minimum atomic E-state index is -0.120. The van der Waals surface area contributed by atoms with Crippen LogP contribution in [0.25, 0.3) is 0 Å². The summed E-state index contributed by atoms with van der Waals surface area (Å²) >= 11 is 1.52. The molecule has 1 amide bonds.